The van der Waals surface area contributed by atoms with Crippen LogP contribution in [0.5, 0.6) is 0 Å². The average Bonchev–Trinajstić information content (AvgIpc) is 3.00. The molecule has 0 saturated carbocycles. The summed E-state index contributed by atoms with van der Waals surface area (Å²) in [5.41, 5.74) is 0.0156. The second kappa shape index (κ2) is 5.49. The number of thiophene rings is 1. The lowest BCUT2D eigenvalue weighted by molar-refractivity contribution is 0.0997. The molecule has 1 aliphatic heterocycles. The molecule has 1 saturated heterocycles. The van der Waals surface area contributed by atoms with E-state index in [0.717, 1.165) is 0 Å². The summed E-state index contributed by atoms with van der Waals surface area (Å²) in [4.78, 5) is 14.4. The van der Waals surface area contributed by atoms with E-state index in [1.807, 2.05) is 0 Å². The van der Waals surface area contributed by atoms with Crippen molar-refractivity contribution in [1.29, 1.82) is 0 Å². The van der Waals surface area contributed by atoms with E-state index in [0.29, 0.717) is 16.9 Å². The first-order valence-electron chi connectivity index (χ1n) is 12.4. The van der Waals surface area contributed by atoms with Crippen LogP contribution in [0.3, 0.4) is 0 Å². The van der Waals surface area contributed by atoms with E-state index in [9.17, 15) is 4.79 Å². The second-order valence-electron chi connectivity index (χ2n) is 5.20. The zero-order valence-corrected chi connectivity index (χ0v) is 12.4. The van der Waals surface area contributed by atoms with Gasteiger partial charge in [0.05, 0.1) is 13.1 Å². The third-order valence-corrected chi connectivity index (χ3v) is 4.71. The van der Waals surface area contributed by atoms with Gasteiger partial charge in [-0.1, -0.05) is 29.7 Å². The first-order valence-corrected chi connectivity index (χ1v) is 7.74. The van der Waals surface area contributed by atoms with E-state index in [-0.39, 0.29) is 58.9 Å². The highest BCUT2D eigenvalue weighted by atomic mass is 32.1. The zero-order valence-electron chi connectivity index (χ0n) is 22.6. The predicted molar refractivity (Wildman–Crippen MR) is 91.5 cm³/mol. The van der Waals surface area contributed by atoms with E-state index in [1.54, 1.807) is 0 Å². The molecule has 2 heterocycles. The summed E-state index contributed by atoms with van der Waals surface area (Å²) in [6.45, 7) is -2.06. The van der Waals surface area contributed by atoms with Crippen LogP contribution in [0.1, 0.15) is 54.3 Å². The number of hydrogen-bond acceptors (Lipinski definition) is 3. The van der Waals surface area contributed by atoms with Crippen LogP contribution in [0, 0.1) is 0 Å². The Kier molecular flexibility index (Phi) is 1.60. The maximum atomic E-state index is 13.3. The smallest absolute Gasteiger partial charge is 0.177 e. The van der Waals surface area contributed by atoms with Gasteiger partial charge in [-0.2, -0.15) is 0 Å². The standard InChI is InChI=1S/C19H19NOS/c1-20-9-6-13(7-10-20)18-15-5-3-2-4-14(15)12-17(21)19-16(18)8-11-22-19/h2-5,8,11H,6-7,9-10,12H2,1H3/i1D3,2D,3D,4D,5D,8D,11D,12D2. The minimum atomic E-state index is -2.81. The number of likely N-dealkylation sites (tertiary alicyclic amines) is 1. The molecule has 1 fully saturated rings. The zero-order chi connectivity index (χ0) is 24.6. The van der Waals surface area contributed by atoms with Gasteiger partial charge in [-0.25, -0.2) is 0 Å². The Hall–Kier alpha value is -1.71. The summed E-state index contributed by atoms with van der Waals surface area (Å²) in [5, 5.41) is -0.258. The van der Waals surface area contributed by atoms with Gasteiger partial charge in [0.15, 0.2) is 5.78 Å². The maximum absolute atomic E-state index is 13.3. The van der Waals surface area contributed by atoms with E-state index in [2.05, 4.69) is 0 Å². The highest BCUT2D eigenvalue weighted by Crippen LogP contribution is 2.40. The first-order chi connectivity index (χ1) is 15.2. The SMILES string of the molecule is [2H]c1sc2c(c1[2H])C(=C1CCN(C([2H])([2H])[2H])CC1)c1c([2H])c([2H])c([2H])c([2H])c1C([2H])([2H])C2=O. The number of benzene rings is 1. The Bertz CT molecular complexity index is 1220. The molecule has 2 aromatic rings. The number of hydrogen-bond donors (Lipinski definition) is 0. The van der Waals surface area contributed by atoms with Crippen molar-refractivity contribution in [1.82, 2.24) is 4.90 Å². The molecular weight excluding hydrogens is 290 g/mol. The van der Waals surface area contributed by atoms with Crippen LogP contribution < -0.4 is 0 Å². The maximum Gasteiger partial charge on any atom is 0.177 e. The van der Waals surface area contributed by atoms with Gasteiger partial charge in [0.25, 0.3) is 0 Å². The third-order valence-electron chi connectivity index (χ3n) is 3.91. The van der Waals surface area contributed by atoms with Gasteiger partial charge in [0, 0.05) is 31.9 Å². The molecule has 0 atom stereocenters. The van der Waals surface area contributed by atoms with Gasteiger partial charge >= 0.3 is 0 Å². The number of Topliss-reactive ketones (excluding diaryl/α,β-unsaturated/α-hetero) is 1. The number of fused-ring (bicyclic) bond motifs is 2. The monoisotopic (exact) mass is 320 g/mol. The number of nitrogens with zero attached hydrogens (tertiary/aromatic N) is 1. The van der Waals surface area contributed by atoms with E-state index >= 15 is 0 Å². The molecule has 0 unspecified atom stereocenters. The van der Waals surface area contributed by atoms with Crippen LogP contribution in [0.4, 0.5) is 0 Å². The minimum Gasteiger partial charge on any atom is -0.306 e. The molecule has 0 spiro atoms. The Labute approximate surface area is 150 Å². The molecule has 22 heavy (non-hydrogen) atoms. The second-order valence-corrected chi connectivity index (χ2v) is 6.02. The fourth-order valence-corrected chi connectivity index (χ4v) is 3.49. The van der Waals surface area contributed by atoms with Gasteiger partial charge < -0.3 is 4.90 Å². The van der Waals surface area contributed by atoms with Crippen LogP contribution in [-0.2, 0) is 6.37 Å². The summed E-state index contributed by atoms with van der Waals surface area (Å²) in [7, 11) is 0. The fraction of sp³-hybridized carbons (Fsp3) is 0.316. The molecule has 0 bridgehead atoms. The van der Waals surface area contributed by atoms with Gasteiger partial charge in [0.1, 0.15) is 0 Å². The van der Waals surface area contributed by atoms with Crippen molar-refractivity contribution in [3.05, 3.63) is 62.7 Å². The first kappa shape index (κ1) is 6.42. The largest absolute Gasteiger partial charge is 0.306 e. The van der Waals surface area contributed by atoms with Crippen molar-refractivity contribution >= 4 is 22.7 Å². The summed E-state index contributed by atoms with van der Waals surface area (Å²) in [6.07, 6.45) is -2.43. The minimum absolute atomic E-state index is 0.0139. The summed E-state index contributed by atoms with van der Waals surface area (Å²) >= 11 is 0.643. The Morgan fingerprint density at radius 3 is 2.86 bits per heavy atom. The molecule has 1 aliphatic carbocycles. The molecule has 1 aromatic heterocycles. The normalized spacial score (nSPS) is 28.9. The lowest BCUT2D eigenvalue weighted by Crippen LogP contribution is -2.27. The van der Waals surface area contributed by atoms with Gasteiger partial charge in [-0.15, -0.1) is 11.3 Å². The number of ketones is 1. The van der Waals surface area contributed by atoms with E-state index < -0.39 is 48.9 Å². The average molecular weight is 321 g/mol. The van der Waals surface area contributed by atoms with Crippen molar-refractivity contribution in [3.63, 3.8) is 0 Å². The van der Waals surface area contributed by atoms with Crippen LogP contribution in [0.2, 0.25) is 0 Å². The Balaban J connectivity index is 2.12. The van der Waals surface area contributed by atoms with E-state index in [1.165, 1.54) is 4.90 Å². The summed E-state index contributed by atoms with van der Waals surface area (Å²) < 4.78 is 89.6. The lowest BCUT2D eigenvalue weighted by atomic mass is 9.88. The molecule has 0 N–H and O–H groups in total. The molecular formula is C19H19NOS. The van der Waals surface area contributed by atoms with Crippen LogP contribution >= 0.6 is 11.3 Å². The number of rotatable bonds is 0. The summed E-state index contributed by atoms with van der Waals surface area (Å²) in [6, 6.07) is -2.80. The lowest BCUT2D eigenvalue weighted by Gasteiger charge is -2.27. The molecule has 2 nitrogen and oxygen atoms in total. The van der Waals surface area contributed by atoms with Gasteiger partial charge in [-0.3, -0.25) is 4.79 Å². The Morgan fingerprint density at radius 2 is 2.05 bits per heavy atom. The molecule has 3 heteroatoms. The highest BCUT2D eigenvalue weighted by molar-refractivity contribution is 7.12. The quantitative estimate of drug-likeness (QED) is 0.731. The summed E-state index contributed by atoms with van der Waals surface area (Å²) in [5.74, 6) is -1.06. The number of carbonyl (C=O) groups is 1. The van der Waals surface area contributed by atoms with Gasteiger partial charge in [-0.05, 0) is 47.9 Å². The highest BCUT2D eigenvalue weighted by Gasteiger charge is 2.27. The molecule has 112 valence electrons. The number of carbonyl (C=O) groups excluding carboxylic acids is 1. The van der Waals surface area contributed by atoms with Gasteiger partial charge in [0.2, 0.25) is 0 Å². The molecule has 1 aromatic carbocycles. The topological polar surface area (TPSA) is 20.3 Å². The molecule has 4 rings (SSSR count). The number of piperidine rings is 1. The van der Waals surface area contributed by atoms with Crippen molar-refractivity contribution in [2.24, 2.45) is 0 Å². The van der Waals surface area contributed by atoms with Crippen molar-refractivity contribution in [2.45, 2.75) is 19.2 Å². The van der Waals surface area contributed by atoms with Crippen molar-refractivity contribution in [3.8, 4) is 0 Å². The Morgan fingerprint density at radius 1 is 1.23 bits per heavy atom. The van der Waals surface area contributed by atoms with Crippen LogP contribution in [-0.4, -0.2) is 30.7 Å². The van der Waals surface area contributed by atoms with Crippen LogP contribution in [0.15, 0.2) is 41.1 Å². The van der Waals surface area contributed by atoms with E-state index in [4.69, 9.17) is 15.1 Å². The fourth-order valence-electron chi connectivity index (χ4n) is 2.84. The van der Waals surface area contributed by atoms with Crippen molar-refractivity contribution < 1.29 is 19.9 Å². The predicted octanol–water partition coefficient (Wildman–Crippen LogP) is 4.01. The molecule has 0 amide bonds. The molecule has 0 radical (unpaired) electrons. The van der Waals surface area contributed by atoms with Crippen molar-refractivity contribution in [2.75, 3.05) is 20.1 Å². The molecule has 2 aliphatic rings. The third kappa shape index (κ3) is 2.25. The van der Waals surface area contributed by atoms with Crippen LogP contribution in [0.25, 0.3) is 5.57 Å².